The number of benzene rings is 1. The van der Waals surface area contributed by atoms with Crippen molar-refractivity contribution in [1.29, 1.82) is 0 Å². The number of hydrogen-bond acceptors (Lipinski definition) is 5. The van der Waals surface area contributed by atoms with Crippen LogP contribution in [-0.4, -0.2) is 29.8 Å². The van der Waals surface area contributed by atoms with E-state index < -0.39 is 17.1 Å². The zero-order valence-corrected chi connectivity index (χ0v) is 8.87. The molecule has 0 bridgehead atoms. The van der Waals surface area contributed by atoms with Crippen LogP contribution in [0.4, 0.5) is 5.69 Å². The Morgan fingerprint density at radius 2 is 2.06 bits per heavy atom. The van der Waals surface area contributed by atoms with Crippen molar-refractivity contribution in [3.8, 4) is 0 Å². The Labute approximate surface area is 92.8 Å². The Morgan fingerprint density at radius 3 is 2.50 bits per heavy atom. The van der Waals surface area contributed by atoms with Crippen molar-refractivity contribution in [2.24, 2.45) is 5.73 Å². The van der Waals surface area contributed by atoms with Gasteiger partial charge in [-0.1, -0.05) is 0 Å². The minimum absolute atomic E-state index is 0.0173. The summed E-state index contributed by atoms with van der Waals surface area (Å²) in [4.78, 5) is 9.92. The first-order chi connectivity index (χ1) is 7.56. The normalized spacial score (nSPS) is 14.4. The maximum absolute atomic E-state index is 10.4. The Balaban J connectivity index is 2.77. The van der Waals surface area contributed by atoms with Gasteiger partial charge < -0.3 is 15.6 Å². The maximum Gasteiger partial charge on any atom is 0.269 e. The van der Waals surface area contributed by atoms with E-state index in [-0.39, 0.29) is 12.3 Å². The molecular weight excluding hydrogens is 212 g/mol. The van der Waals surface area contributed by atoms with Crippen LogP contribution in [-0.2, 0) is 4.74 Å². The Hall–Kier alpha value is -1.50. The van der Waals surface area contributed by atoms with Crippen LogP contribution in [0.2, 0.25) is 0 Å². The zero-order valence-electron chi connectivity index (χ0n) is 8.87. The lowest BCUT2D eigenvalue weighted by Gasteiger charge is -2.17. The summed E-state index contributed by atoms with van der Waals surface area (Å²) in [7, 11) is 1.49. The van der Waals surface area contributed by atoms with Crippen molar-refractivity contribution in [3.05, 3.63) is 39.9 Å². The average molecular weight is 226 g/mol. The molecule has 3 N–H and O–H groups in total. The Kier molecular flexibility index (Phi) is 4.36. The second-order valence-electron chi connectivity index (χ2n) is 3.41. The molecular formula is C10H14N2O4. The number of aliphatic hydroxyl groups excluding tert-OH is 1. The largest absolute Gasteiger partial charge is 0.387 e. The smallest absolute Gasteiger partial charge is 0.269 e. The van der Waals surface area contributed by atoms with E-state index in [2.05, 4.69) is 0 Å². The number of nitrogens with zero attached hydrogens (tertiary/aromatic N) is 1. The number of nitrogens with two attached hydrogens (primary N) is 1. The molecule has 0 spiro atoms. The van der Waals surface area contributed by atoms with Gasteiger partial charge in [-0.3, -0.25) is 10.1 Å². The van der Waals surface area contributed by atoms with Gasteiger partial charge in [0.25, 0.3) is 5.69 Å². The van der Waals surface area contributed by atoms with E-state index in [1.807, 2.05) is 0 Å². The fourth-order valence-corrected chi connectivity index (χ4v) is 1.32. The first kappa shape index (κ1) is 12.6. The summed E-state index contributed by atoms with van der Waals surface area (Å²) in [6, 6.07) is 5.08. The molecule has 1 aromatic carbocycles. The average Bonchev–Trinajstić information content (AvgIpc) is 2.28. The van der Waals surface area contributed by atoms with E-state index in [1.54, 1.807) is 0 Å². The van der Waals surface area contributed by atoms with Crippen LogP contribution in [0.5, 0.6) is 0 Å². The summed E-state index contributed by atoms with van der Waals surface area (Å²) in [5, 5.41) is 20.2. The number of methoxy groups -OCH3 is 1. The van der Waals surface area contributed by atoms with Crippen LogP contribution in [0, 0.1) is 10.1 Å². The van der Waals surface area contributed by atoms with Crippen molar-refractivity contribution < 1.29 is 14.8 Å². The molecule has 6 heteroatoms. The second-order valence-corrected chi connectivity index (χ2v) is 3.41. The minimum atomic E-state index is -0.888. The molecule has 1 aromatic rings. The molecule has 0 unspecified atom stereocenters. The number of rotatable bonds is 5. The molecule has 0 aromatic heterocycles. The second kappa shape index (κ2) is 5.55. The SMILES string of the molecule is COC[C@H](N)[C@@H](O)c1ccc([N+](=O)[O-])cc1. The van der Waals surface area contributed by atoms with Gasteiger partial charge in [-0.15, -0.1) is 0 Å². The number of nitro groups is 1. The topological polar surface area (TPSA) is 98.6 Å². The predicted octanol–water partition coefficient (Wildman–Crippen LogP) is 0.602. The Bertz CT molecular complexity index is 352. The summed E-state index contributed by atoms with van der Waals surface area (Å²) in [5.41, 5.74) is 6.17. The van der Waals surface area contributed by atoms with Crippen LogP contribution in [0.25, 0.3) is 0 Å². The van der Waals surface area contributed by atoms with Gasteiger partial charge in [0.05, 0.1) is 23.7 Å². The molecule has 0 aliphatic carbocycles. The summed E-state index contributed by atoms with van der Waals surface area (Å²) in [6.45, 7) is 0.220. The van der Waals surface area contributed by atoms with E-state index in [0.29, 0.717) is 5.56 Å². The highest BCUT2D eigenvalue weighted by molar-refractivity contribution is 5.34. The number of aliphatic hydroxyl groups is 1. The van der Waals surface area contributed by atoms with Gasteiger partial charge in [-0.05, 0) is 17.7 Å². The summed E-state index contributed by atoms with van der Waals surface area (Å²) < 4.78 is 4.81. The lowest BCUT2D eigenvalue weighted by atomic mass is 10.0. The van der Waals surface area contributed by atoms with Crippen LogP contribution in [0.1, 0.15) is 11.7 Å². The number of non-ortho nitro benzene ring substituents is 1. The highest BCUT2D eigenvalue weighted by Crippen LogP contribution is 2.19. The van der Waals surface area contributed by atoms with Crippen molar-refractivity contribution in [3.63, 3.8) is 0 Å². The van der Waals surface area contributed by atoms with Gasteiger partial charge in [0, 0.05) is 19.2 Å². The van der Waals surface area contributed by atoms with Gasteiger partial charge in [-0.2, -0.15) is 0 Å². The molecule has 1 rings (SSSR count). The van der Waals surface area contributed by atoms with E-state index in [1.165, 1.54) is 31.4 Å². The monoisotopic (exact) mass is 226 g/mol. The number of hydrogen-bond donors (Lipinski definition) is 2. The van der Waals surface area contributed by atoms with Gasteiger partial charge in [0.15, 0.2) is 0 Å². The van der Waals surface area contributed by atoms with Crippen molar-refractivity contribution in [1.82, 2.24) is 0 Å². The quantitative estimate of drug-likeness (QED) is 0.566. The third-order valence-corrected chi connectivity index (χ3v) is 2.21. The fourth-order valence-electron chi connectivity index (χ4n) is 1.32. The summed E-state index contributed by atoms with van der Waals surface area (Å²) >= 11 is 0. The minimum Gasteiger partial charge on any atom is -0.387 e. The number of nitro benzene ring substituents is 1. The van der Waals surface area contributed by atoms with Crippen LogP contribution in [0.3, 0.4) is 0 Å². The Morgan fingerprint density at radius 1 is 1.50 bits per heavy atom. The van der Waals surface area contributed by atoms with Crippen molar-refractivity contribution in [2.75, 3.05) is 13.7 Å². The predicted molar refractivity (Wildman–Crippen MR) is 57.9 cm³/mol. The van der Waals surface area contributed by atoms with Crippen LogP contribution >= 0.6 is 0 Å². The summed E-state index contributed by atoms with van der Waals surface area (Å²) in [6.07, 6.45) is -0.888. The molecule has 0 amide bonds. The standard InChI is InChI=1S/C10H14N2O4/c1-16-6-9(11)10(13)7-2-4-8(5-3-7)12(14)15/h2-5,9-10,13H,6,11H2,1H3/t9-,10-/m0/s1. The molecule has 0 heterocycles. The molecule has 0 fully saturated rings. The zero-order chi connectivity index (χ0) is 12.1. The lowest BCUT2D eigenvalue weighted by Crippen LogP contribution is -2.32. The molecule has 88 valence electrons. The molecule has 0 aliphatic rings. The van der Waals surface area contributed by atoms with E-state index >= 15 is 0 Å². The van der Waals surface area contributed by atoms with Gasteiger partial charge in [-0.25, -0.2) is 0 Å². The maximum atomic E-state index is 10.4. The van der Waals surface area contributed by atoms with Crippen molar-refractivity contribution in [2.45, 2.75) is 12.1 Å². The molecule has 6 nitrogen and oxygen atoms in total. The first-order valence-electron chi connectivity index (χ1n) is 4.73. The van der Waals surface area contributed by atoms with Crippen LogP contribution < -0.4 is 5.73 Å². The van der Waals surface area contributed by atoms with Gasteiger partial charge in [0.2, 0.25) is 0 Å². The van der Waals surface area contributed by atoms with Crippen LogP contribution in [0.15, 0.2) is 24.3 Å². The molecule has 0 radical (unpaired) electrons. The molecule has 0 saturated carbocycles. The summed E-state index contributed by atoms with van der Waals surface area (Å²) in [5.74, 6) is 0. The molecule has 2 atom stereocenters. The third-order valence-electron chi connectivity index (χ3n) is 2.21. The first-order valence-corrected chi connectivity index (χ1v) is 4.73. The van der Waals surface area contributed by atoms with Gasteiger partial charge in [0.1, 0.15) is 0 Å². The number of ether oxygens (including phenoxy) is 1. The van der Waals surface area contributed by atoms with Gasteiger partial charge >= 0.3 is 0 Å². The fraction of sp³-hybridized carbons (Fsp3) is 0.400. The highest BCUT2D eigenvalue weighted by atomic mass is 16.6. The third kappa shape index (κ3) is 2.99. The molecule has 16 heavy (non-hydrogen) atoms. The van der Waals surface area contributed by atoms with E-state index in [4.69, 9.17) is 10.5 Å². The highest BCUT2D eigenvalue weighted by Gasteiger charge is 2.17. The lowest BCUT2D eigenvalue weighted by molar-refractivity contribution is -0.384. The molecule has 0 aliphatic heterocycles. The van der Waals surface area contributed by atoms with Crippen molar-refractivity contribution >= 4 is 5.69 Å². The van der Waals surface area contributed by atoms with E-state index in [0.717, 1.165) is 0 Å². The van der Waals surface area contributed by atoms with E-state index in [9.17, 15) is 15.2 Å². The molecule has 0 saturated heterocycles.